The lowest BCUT2D eigenvalue weighted by atomic mass is 10.0. The molecule has 3 heterocycles. The highest BCUT2D eigenvalue weighted by atomic mass is 15.3. The van der Waals surface area contributed by atoms with Crippen molar-refractivity contribution in [2.45, 2.75) is 6.42 Å². The number of hydrogen-bond acceptors (Lipinski definition) is 3. The highest BCUT2D eigenvalue weighted by Crippen LogP contribution is 2.26. The Morgan fingerprint density at radius 1 is 1.25 bits per heavy atom. The van der Waals surface area contributed by atoms with Crippen LogP contribution in [0.4, 0.5) is 0 Å². The molecule has 0 unspecified atom stereocenters. The Morgan fingerprint density at radius 2 is 2.06 bits per heavy atom. The Labute approximate surface area is 93.7 Å². The highest BCUT2D eigenvalue weighted by Gasteiger charge is 2.17. The molecule has 0 aliphatic carbocycles. The van der Waals surface area contributed by atoms with Crippen LogP contribution in [-0.2, 0) is 13.5 Å². The van der Waals surface area contributed by atoms with Crippen molar-refractivity contribution in [3.05, 3.63) is 35.8 Å². The first kappa shape index (κ1) is 9.27. The molecule has 2 aromatic rings. The Balaban J connectivity index is 2.21. The second-order valence-corrected chi connectivity index (χ2v) is 3.86. The van der Waals surface area contributed by atoms with Crippen molar-refractivity contribution >= 4 is 6.21 Å². The van der Waals surface area contributed by atoms with Gasteiger partial charge in [0.25, 0.3) is 0 Å². The van der Waals surface area contributed by atoms with Crippen molar-refractivity contribution in [2.24, 2.45) is 12.0 Å². The topological polar surface area (TPSA) is 43.1 Å². The van der Waals surface area contributed by atoms with Crippen LogP contribution in [0.15, 0.2) is 29.5 Å². The highest BCUT2D eigenvalue weighted by molar-refractivity contribution is 5.84. The maximum absolute atomic E-state index is 4.47. The molecule has 0 saturated carbocycles. The SMILES string of the molecule is Cn1nc2c(c1-c1ccncc1)CCN=C2. The van der Waals surface area contributed by atoms with E-state index in [1.54, 1.807) is 0 Å². The summed E-state index contributed by atoms with van der Waals surface area (Å²) < 4.78 is 1.93. The Hall–Kier alpha value is -1.97. The Kier molecular flexibility index (Phi) is 2.06. The standard InChI is InChI=1S/C12H12N4/c1-16-12(9-2-5-13-6-3-9)10-4-7-14-8-11(10)15-16/h2-3,5-6,8H,4,7H2,1H3. The maximum Gasteiger partial charge on any atom is 0.107 e. The van der Waals surface area contributed by atoms with E-state index in [9.17, 15) is 0 Å². The van der Waals surface area contributed by atoms with E-state index in [1.807, 2.05) is 42.5 Å². The molecule has 0 bridgehead atoms. The van der Waals surface area contributed by atoms with Crippen molar-refractivity contribution in [1.82, 2.24) is 14.8 Å². The molecule has 3 rings (SSSR count). The summed E-state index contributed by atoms with van der Waals surface area (Å²) in [5.74, 6) is 0. The summed E-state index contributed by atoms with van der Waals surface area (Å²) in [5.41, 5.74) is 4.65. The monoisotopic (exact) mass is 212 g/mol. The van der Waals surface area contributed by atoms with Crippen LogP contribution in [0.5, 0.6) is 0 Å². The smallest absolute Gasteiger partial charge is 0.107 e. The van der Waals surface area contributed by atoms with Gasteiger partial charge in [-0.05, 0) is 18.6 Å². The van der Waals surface area contributed by atoms with Crippen LogP contribution in [-0.4, -0.2) is 27.5 Å². The van der Waals surface area contributed by atoms with E-state index in [-0.39, 0.29) is 0 Å². The van der Waals surface area contributed by atoms with Gasteiger partial charge in [-0.3, -0.25) is 14.7 Å². The van der Waals surface area contributed by atoms with Crippen molar-refractivity contribution in [2.75, 3.05) is 6.54 Å². The molecule has 0 fully saturated rings. The summed E-state index contributed by atoms with van der Waals surface area (Å²) in [6.07, 6.45) is 6.46. The summed E-state index contributed by atoms with van der Waals surface area (Å²) in [5, 5.41) is 4.47. The van der Waals surface area contributed by atoms with Crippen molar-refractivity contribution in [1.29, 1.82) is 0 Å². The summed E-state index contributed by atoms with van der Waals surface area (Å²) in [6.45, 7) is 0.858. The largest absolute Gasteiger partial charge is 0.291 e. The lowest BCUT2D eigenvalue weighted by Crippen LogP contribution is -2.01. The molecule has 1 aliphatic heterocycles. The maximum atomic E-state index is 4.47. The molecule has 4 heteroatoms. The van der Waals surface area contributed by atoms with Gasteiger partial charge < -0.3 is 0 Å². The Morgan fingerprint density at radius 3 is 2.88 bits per heavy atom. The van der Waals surface area contributed by atoms with Crippen LogP contribution in [0, 0.1) is 0 Å². The third-order valence-electron chi connectivity index (χ3n) is 2.83. The molecule has 0 atom stereocenters. The molecule has 4 nitrogen and oxygen atoms in total. The van der Waals surface area contributed by atoms with E-state index in [4.69, 9.17) is 0 Å². The summed E-state index contributed by atoms with van der Waals surface area (Å²) >= 11 is 0. The molecular weight excluding hydrogens is 200 g/mol. The van der Waals surface area contributed by atoms with Crippen molar-refractivity contribution < 1.29 is 0 Å². The predicted octanol–water partition coefficient (Wildman–Crippen LogP) is 1.46. The van der Waals surface area contributed by atoms with Gasteiger partial charge in [0, 0.05) is 43.3 Å². The van der Waals surface area contributed by atoms with Gasteiger partial charge in [-0.2, -0.15) is 5.10 Å². The fourth-order valence-corrected chi connectivity index (χ4v) is 2.14. The van der Waals surface area contributed by atoms with Gasteiger partial charge in [0.05, 0.1) is 5.69 Å². The number of aromatic nitrogens is 3. The van der Waals surface area contributed by atoms with Gasteiger partial charge in [0.2, 0.25) is 0 Å². The molecule has 16 heavy (non-hydrogen) atoms. The quantitative estimate of drug-likeness (QED) is 0.718. The van der Waals surface area contributed by atoms with E-state index in [0.717, 1.165) is 18.7 Å². The zero-order valence-corrected chi connectivity index (χ0v) is 9.09. The van der Waals surface area contributed by atoms with E-state index < -0.39 is 0 Å². The number of pyridine rings is 1. The molecule has 0 aromatic carbocycles. The molecular formula is C12H12N4. The van der Waals surface area contributed by atoms with E-state index in [0.29, 0.717) is 0 Å². The average Bonchev–Trinajstić information content (AvgIpc) is 2.66. The first-order valence-corrected chi connectivity index (χ1v) is 5.32. The number of hydrogen-bond donors (Lipinski definition) is 0. The summed E-state index contributed by atoms with van der Waals surface area (Å²) in [4.78, 5) is 8.29. The minimum Gasteiger partial charge on any atom is -0.291 e. The van der Waals surface area contributed by atoms with E-state index in [2.05, 4.69) is 15.1 Å². The molecule has 2 aromatic heterocycles. The zero-order valence-electron chi connectivity index (χ0n) is 9.09. The number of aliphatic imine (C=N–C) groups is 1. The van der Waals surface area contributed by atoms with Gasteiger partial charge in [0.15, 0.2) is 0 Å². The van der Waals surface area contributed by atoms with Crippen LogP contribution in [0.25, 0.3) is 11.3 Å². The predicted molar refractivity (Wildman–Crippen MR) is 62.6 cm³/mol. The second kappa shape index (κ2) is 3.56. The molecule has 0 N–H and O–H groups in total. The third-order valence-corrected chi connectivity index (χ3v) is 2.83. The molecule has 0 amide bonds. The number of nitrogens with zero attached hydrogens (tertiary/aromatic N) is 4. The van der Waals surface area contributed by atoms with Crippen LogP contribution >= 0.6 is 0 Å². The lowest BCUT2D eigenvalue weighted by molar-refractivity contribution is 0.773. The van der Waals surface area contributed by atoms with Gasteiger partial charge in [0.1, 0.15) is 5.69 Å². The number of fused-ring (bicyclic) bond motifs is 1. The minimum atomic E-state index is 0.858. The number of rotatable bonds is 1. The third kappa shape index (κ3) is 1.34. The van der Waals surface area contributed by atoms with E-state index in [1.165, 1.54) is 16.8 Å². The van der Waals surface area contributed by atoms with Crippen LogP contribution in [0.3, 0.4) is 0 Å². The summed E-state index contributed by atoms with van der Waals surface area (Å²) in [6, 6.07) is 4.03. The van der Waals surface area contributed by atoms with Crippen LogP contribution < -0.4 is 0 Å². The molecule has 80 valence electrons. The van der Waals surface area contributed by atoms with Crippen molar-refractivity contribution in [3.8, 4) is 11.3 Å². The molecule has 0 radical (unpaired) electrons. The fourth-order valence-electron chi connectivity index (χ4n) is 2.14. The normalized spacial score (nSPS) is 13.8. The van der Waals surface area contributed by atoms with Gasteiger partial charge in [-0.25, -0.2) is 0 Å². The lowest BCUT2D eigenvalue weighted by Gasteiger charge is -2.07. The first-order valence-electron chi connectivity index (χ1n) is 5.32. The van der Waals surface area contributed by atoms with Gasteiger partial charge in [-0.15, -0.1) is 0 Å². The van der Waals surface area contributed by atoms with Gasteiger partial charge in [-0.1, -0.05) is 0 Å². The Bertz CT molecular complexity index is 540. The molecule has 0 spiro atoms. The van der Waals surface area contributed by atoms with Crippen LogP contribution in [0.2, 0.25) is 0 Å². The fraction of sp³-hybridized carbons (Fsp3) is 0.250. The van der Waals surface area contributed by atoms with Crippen molar-refractivity contribution in [3.63, 3.8) is 0 Å². The van der Waals surface area contributed by atoms with Crippen LogP contribution in [0.1, 0.15) is 11.3 Å². The van der Waals surface area contributed by atoms with Gasteiger partial charge >= 0.3 is 0 Å². The molecule has 0 saturated heterocycles. The molecule has 1 aliphatic rings. The summed E-state index contributed by atoms with van der Waals surface area (Å²) in [7, 11) is 1.97. The minimum absolute atomic E-state index is 0.858. The van der Waals surface area contributed by atoms with E-state index >= 15 is 0 Å². The first-order chi connectivity index (χ1) is 7.86. The average molecular weight is 212 g/mol. The number of aryl methyl sites for hydroxylation is 1. The zero-order chi connectivity index (χ0) is 11.0. The second-order valence-electron chi connectivity index (χ2n) is 3.86.